The summed E-state index contributed by atoms with van der Waals surface area (Å²) in [5, 5.41) is 34.2. The van der Waals surface area contributed by atoms with Crippen molar-refractivity contribution in [3.63, 3.8) is 0 Å². The molecule has 2 aromatic rings. The van der Waals surface area contributed by atoms with Gasteiger partial charge in [0, 0.05) is 18.6 Å². The van der Waals surface area contributed by atoms with E-state index >= 15 is 0 Å². The van der Waals surface area contributed by atoms with Crippen LogP contribution in [0.2, 0.25) is 5.02 Å². The standard InChI is InChI=1S/C16H12ClN3O6/c17-14-11(19(23)24)5-9(6-12(14)20(25)26)16(22)18-15-10-4-2-1-3-8(10)7-13(15)21/h1-6,13,15,21H,7H2,(H,18,22)/t13-,15+/m0/s1. The number of nitrogens with one attached hydrogen (secondary N) is 1. The van der Waals surface area contributed by atoms with Gasteiger partial charge in [-0.25, -0.2) is 0 Å². The molecule has 0 aromatic heterocycles. The number of nitro groups is 2. The minimum Gasteiger partial charge on any atom is -0.390 e. The van der Waals surface area contributed by atoms with Gasteiger partial charge >= 0.3 is 0 Å². The third-order valence-electron chi connectivity index (χ3n) is 4.18. The fourth-order valence-electron chi connectivity index (χ4n) is 2.96. The molecule has 2 aromatic carbocycles. The Morgan fingerprint density at radius 3 is 2.31 bits per heavy atom. The molecule has 3 rings (SSSR count). The van der Waals surface area contributed by atoms with Gasteiger partial charge in [-0.05, 0) is 11.1 Å². The first kappa shape index (κ1) is 17.8. The normalized spacial score (nSPS) is 18.2. The Bertz CT molecular complexity index is 897. The van der Waals surface area contributed by atoms with E-state index in [9.17, 15) is 30.1 Å². The number of hydrogen-bond acceptors (Lipinski definition) is 6. The highest BCUT2D eigenvalue weighted by molar-refractivity contribution is 6.35. The highest BCUT2D eigenvalue weighted by Gasteiger charge is 2.33. The molecule has 2 N–H and O–H groups in total. The van der Waals surface area contributed by atoms with Crippen LogP contribution in [-0.4, -0.2) is 27.0 Å². The van der Waals surface area contributed by atoms with E-state index in [1.54, 1.807) is 12.1 Å². The Morgan fingerprint density at radius 2 is 1.73 bits per heavy atom. The zero-order chi connectivity index (χ0) is 19.0. The van der Waals surface area contributed by atoms with Crippen LogP contribution in [0.25, 0.3) is 0 Å². The van der Waals surface area contributed by atoms with Crippen LogP contribution in [0.1, 0.15) is 27.5 Å². The van der Waals surface area contributed by atoms with Gasteiger partial charge in [-0.2, -0.15) is 0 Å². The molecular weight excluding hydrogens is 366 g/mol. The summed E-state index contributed by atoms with van der Waals surface area (Å²) in [6, 6.07) is 8.17. The number of halogens is 1. The molecule has 1 aliphatic rings. The van der Waals surface area contributed by atoms with Crippen LogP contribution in [0.15, 0.2) is 36.4 Å². The summed E-state index contributed by atoms with van der Waals surface area (Å²) in [4.78, 5) is 32.8. The minimum absolute atomic E-state index is 0.288. The first-order valence-corrected chi connectivity index (χ1v) is 7.86. The second-order valence-electron chi connectivity index (χ2n) is 5.76. The second-order valence-corrected chi connectivity index (χ2v) is 6.14. The quantitative estimate of drug-likeness (QED) is 0.620. The van der Waals surface area contributed by atoms with E-state index in [1.807, 2.05) is 12.1 Å². The fraction of sp³-hybridized carbons (Fsp3) is 0.188. The van der Waals surface area contributed by atoms with E-state index in [0.29, 0.717) is 6.42 Å². The number of carbonyl (C=O) groups excluding carboxylic acids is 1. The van der Waals surface area contributed by atoms with E-state index in [1.165, 1.54) is 0 Å². The number of nitrogens with zero attached hydrogens (tertiary/aromatic N) is 2. The number of carbonyl (C=O) groups is 1. The summed E-state index contributed by atoms with van der Waals surface area (Å²) in [6.07, 6.45) is -0.518. The number of hydrogen-bond donors (Lipinski definition) is 2. The molecule has 1 aliphatic carbocycles. The lowest BCUT2D eigenvalue weighted by Gasteiger charge is -2.18. The van der Waals surface area contributed by atoms with Gasteiger partial charge in [0.15, 0.2) is 5.02 Å². The topological polar surface area (TPSA) is 136 Å². The van der Waals surface area contributed by atoms with Crippen molar-refractivity contribution in [2.24, 2.45) is 0 Å². The second kappa shape index (κ2) is 6.70. The molecule has 10 heteroatoms. The van der Waals surface area contributed by atoms with Crippen molar-refractivity contribution in [2.75, 3.05) is 0 Å². The molecule has 2 atom stereocenters. The molecule has 0 aliphatic heterocycles. The van der Waals surface area contributed by atoms with Gasteiger partial charge in [-0.3, -0.25) is 25.0 Å². The smallest absolute Gasteiger partial charge is 0.295 e. The van der Waals surface area contributed by atoms with Gasteiger partial charge in [-0.1, -0.05) is 35.9 Å². The average molecular weight is 378 g/mol. The zero-order valence-corrected chi connectivity index (χ0v) is 13.8. The van der Waals surface area contributed by atoms with Crippen LogP contribution in [0.3, 0.4) is 0 Å². The molecule has 0 bridgehead atoms. The van der Waals surface area contributed by atoms with Crippen molar-refractivity contribution < 1.29 is 19.7 Å². The summed E-state index contributed by atoms with van der Waals surface area (Å²) >= 11 is 5.68. The number of aliphatic hydroxyl groups is 1. The number of amides is 1. The van der Waals surface area contributed by atoms with E-state index in [-0.39, 0.29) is 5.56 Å². The molecular formula is C16H12ClN3O6. The first-order chi connectivity index (χ1) is 12.3. The van der Waals surface area contributed by atoms with Gasteiger partial charge in [0.1, 0.15) is 0 Å². The van der Waals surface area contributed by atoms with Crippen molar-refractivity contribution >= 4 is 28.9 Å². The Kier molecular flexibility index (Phi) is 4.58. The summed E-state index contributed by atoms with van der Waals surface area (Å²) < 4.78 is 0. The maximum atomic E-state index is 12.5. The average Bonchev–Trinajstić information content (AvgIpc) is 2.90. The molecule has 0 unspecified atom stereocenters. The Hall–Kier alpha value is -3.04. The number of benzene rings is 2. The van der Waals surface area contributed by atoms with Gasteiger partial charge in [0.05, 0.1) is 27.6 Å². The predicted octanol–water partition coefficient (Wildman–Crippen LogP) is 2.54. The van der Waals surface area contributed by atoms with Crippen LogP contribution >= 0.6 is 11.6 Å². The maximum absolute atomic E-state index is 12.5. The molecule has 134 valence electrons. The van der Waals surface area contributed by atoms with Gasteiger partial charge < -0.3 is 10.4 Å². The summed E-state index contributed by atoms with van der Waals surface area (Å²) in [6.45, 7) is 0. The molecule has 9 nitrogen and oxygen atoms in total. The van der Waals surface area contributed by atoms with E-state index in [0.717, 1.165) is 23.3 Å². The molecule has 26 heavy (non-hydrogen) atoms. The third-order valence-corrected chi connectivity index (χ3v) is 4.57. The van der Waals surface area contributed by atoms with Crippen molar-refractivity contribution in [1.29, 1.82) is 0 Å². The van der Waals surface area contributed by atoms with Crippen LogP contribution in [-0.2, 0) is 6.42 Å². The molecule has 0 spiro atoms. The lowest BCUT2D eigenvalue weighted by molar-refractivity contribution is -0.393. The number of nitro benzene ring substituents is 2. The number of rotatable bonds is 4. The lowest BCUT2D eigenvalue weighted by Crippen LogP contribution is -2.33. The Morgan fingerprint density at radius 1 is 1.15 bits per heavy atom. The molecule has 0 heterocycles. The monoisotopic (exact) mass is 377 g/mol. The fourth-order valence-corrected chi connectivity index (χ4v) is 3.21. The SMILES string of the molecule is O=C(N[C@@H]1c2ccccc2C[C@@H]1O)c1cc([N+](=O)[O-])c(Cl)c([N+](=O)[O-])c1. The highest BCUT2D eigenvalue weighted by Crippen LogP contribution is 2.36. The Labute approximate surface area is 151 Å². The molecule has 0 saturated carbocycles. The zero-order valence-electron chi connectivity index (χ0n) is 13.1. The van der Waals surface area contributed by atoms with Crippen molar-refractivity contribution in [2.45, 2.75) is 18.6 Å². The Balaban J connectivity index is 1.96. The van der Waals surface area contributed by atoms with Gasteiger partial charge in [-0.15, -0.1) is 0 Å². The predicted molar refractivity (Wildman–Crippen MR) is 91.1 cm³/mol. The van der Waals surface area contributed by atoms with E-state index in [4.69, 9.17) is 11.6 Å². The molecule has 0 radical (unpaired) electrons. The van der Waals surface area contributed by atoms with Crippen molar-refractivity contribution in [3.8, 4) is 0 Å². The van der Waals surface area contributed by atoms with Crippen molar-refractivity contribution in [1.82, 2.24) is 5.32 Å². The summed E-state index contributed by atoms with van der Waals surface area (Å²) in [7, 11) is 0. The minimum atomic E-state index is -0.897. The third kappa shape index (κ3) is 3.09. The van der Waals surface area contributed by atoms with Crippen LogP contribution < -0.4 is 5.32 Å². The molecule has 0 saturated heterocycles. The lowest BCUT2D eigenvalue weighted by atomic mass is 10.1. The van der Waals surface area contributed by atoms with Gasteiger partial charge in [0.2, 0.25) is 0 Å². The largest absolute Gasteiger partial charge is 0.390 e. The molecule has 1 amide bonds. The number of aliphatic hydroxyl groups excluding tert-OH is 1. The van der Waals surface area contributed by atoms with E-state index < -0.39 is 44.3 Å². The van der Waals surface area contributed by atoms with Gasteiger partial charge in [0.25, 0.3) is 17.3 Å². The summed E-state index contributed by atoms with van der Waals surface area (Å²) in [5.74, 6) is -0.784. The molecule has 0 fully saturated rings. The maximum Gasteiger partial charge on any atom is 0.295 e. The van der Waals surface area contributed by atoms with E-state index in [2.05, 4.69) is 5.32 Å². The van der Waals surface area contributed by atoms with Crippen LogP contribution in [0.4, 0.5) is 11.4 Å². The summed E-state index contributed by atoms with van der Waals surface area (Å²) in [5.41, 5.74) is -0.161. The van der Waals surface area contributed by atoms with Crippen LogP contribution in [0.5, 0.6) is 0 Å². The van der Waals surface area contributed by atoms with Crippen LogP contribution in [0, 0.1) is 20.2 Å². The highest BCUT2D eigenvalue weighted by atomic mass is 35.5. The van der Waals surface area contributed by atoms with Crippen molar-refractivity contribution in [3.05, 3.63) is 78.3 Å². The first-order valence-electron chi connectivity index (χ1n) is 7.48. The number of fused-ring (bicyclic) bond motifs is 1.